The zero-order chi connectivity index (χ0) is 9.42. The number of hydrogen-bond acceptors (Lipinski definition) is 3. The molecule has 2 aromatic rings. The molecule has 0 aliphatic heterocycles. The standard InChI is InChI=1S/C9H7NO2S/c1-5-2-6(9(11)12)3-7-8(5)10-4-13-7/h2-4H,1H3,(H,11,12). The minimum atomic E-state index is -0.890. The Hall–Kier alpha value is -1.42. The molecule has 0 aliphatic rings. The Morgan fingerprint density at radius 3 is 3.00 bits per heavy atom. The Bertz CT molecular complexity index is 475. The molecule has 0 saturated heterocycles. The van der Waals surface area contributed by atoms with E-state index in [0.717, 1.165) is 15.8 Å². The predicted molar refractivity (Wildman–Crippen MR) is 51.3 cm³/mol. The molecule has 0 spiro atoms. The van der Waals surface area contributed by atoms with Crippen LogP contribution in [0.4, 0.5) is 0 Å². The number of carboxylic acid groups (broad SMARTS) is 1. The van der Waals surface area contributed by atoms with Gasteiger partial charge in [0, 0.05) is 0 Å². The van der Waals surface area contributed by atoms with Crippen LogP contribution in [-0.2, 0) is 0 Å². The lowest BCUT2D eigenvalue weighted by Crippen LogP contribution is -1.96. The first-order valence-electron chi connectivity index (χ1n) is 3.75. The average molecular weight is 193 g/mol. The number of carboxylic acids is 1. The van der Waals surface area contributed by atoms with E-state index in [9.17, 15) is 4.79 Å². The van der Waals surface area contributed by atoms with Crippen molar-refractivity contribution in [3.63, 3.8) is 0 Å². The van der Waals surface area contributed by atoms with Crippen LogP contribution >= 0.6 is 11.3 Å². The van der Waals surface area contributed by atoms with Gasteiger partial charge in [0.05, 0.1) is 21.3 Å². The smallest absolute Gasteiger partial charge is 0.335 e. The highest BCUT2D eigenvalue weighted by atomic mass is 32.1. The van der Waals surface area contributed by atoms with Crippen molar-refractivity contribution >= 4 is 27.5 Å². The molecule has 0 radical (unpaired) electrons. The maximum absolute atomic E-state index is 10.7. The van der Waals surface area contributed by atoms with Gasteiger partial charge in [0.25, 0.3) is 0 Å². The molecule has 0 saturated carbocycles. The lowest BCUT2D eigenvalue weighted by Gasteiger charge is -1.97. The largest absolute Gasteiger partial charge is 0.478 e. The fourth-order valence-electron chi connectivity index (χ4n) is 1.26. The summed E-state index contributed by atoms with van der Waals surface area (Å²) >= 11 is 1.46. The maximum atomic E-state index is 10.7. The highest BCUT2D eigenvalue weighted by molar-refractivity contribution is 7.16. The number of aryl methyl sites for hydroxylation is 1. The lowest BCUT2D eigenvalue weighted by atomic mass is 10.1. The molecular weight excluding hydrogens is 186 g/mol. The SMILES string of the molecule is Cc1cc(C(=O)O)cc2scnc12. The third kappa shape index (κ3) is 1.29. The summed E-state index contributed by atoms with van der Waals surface area (Å²) in [4.78, 5) is 14.8. The molecule has 0 atom stereocenters. The summed E-state index contributed by atoms with van der Waals surface area (Å²) in [5.41, 5.74) is 3.86. The van der Waals surface area contributed by atoms with E-state index >= 15 is 0 Å². The van der Waals surface area contributed by atoms with Crippen molar-refractivity contribution in [3.05, 3.63) is 28.8 Å². The summed E-state index contributed by atoms with van der Waals surface area (Å²) in [6, 6.07) is 3.30. The van der Waals surface area contributed by atoms with Crippen LogP contribution < -0.4 is 0 Å². The third-order valence-corrected chi connectivity index (χ3v) is 2.65. The fourth-order valence-corrected chi connectivity index (χ4v) is 2.05. The third-order valence-electron chi connectivity index (χ3n) is 1.87. The van der Waals surface area contributed by atoms with Gasteiger partial charge in [-0.15, -0.1) is 11.3 Å². The van der Waals surface area contributed by atoms with Gasteiger partial charge < -0.3 is 5.11 Å². The average Bonchev–Trinajstić information content (AvgIpc) is 2.51. The molecular formula is C9H7NO2S. The van der Waals surface area contributed by atoms with Crippen molar-refractivity contribution in [2.75, 3.05) is 0 Å². The Kier molecular flexibility index (Phi) is 1.77. The number of nitrogens with zero attached hydrogens (tertiary/aromatic N) is 1. The van der Waals surface area contributed by atoms with E-state index in [-0.39, 0.29) is 0 Å². The second kappa shape index (κ2) is 2.81. The molecule has 1 N–H and O–H groups in total. The van der Waals surface area contributed by atoms with Crippen LogP contribution in [0.15, 0.2) is 17.6 Å². The van der Waals surface area contributed by atoms with Crippen LogP contribution in [0.3, 0.4) is 0 Å². The molecule has 13 heavy (non-hydrogen) atoms. The minimum absolute atomic E-state index is 0.328. The molecule has 0 bridgehead atoms. The van der Waals surface area contributed by atoms with Crippen molar-refractivity contribution in [2.24, 2.45) is 0 Å². The van der Waals surface area contributed by atoms with Gasteiger partial charge in [-0.2, -0.15) is 0 Å². The first kappa shape index (κ1) is 8.19. The molecule has 66 valence electrons. The summed E-state index contributed by atoms with van der Waals surface area (Å²) in [6.07, 6.45) is 0. The van der Waals surface area contributed by atoms with Crippen LogP contribution in [0.1, 0.15) is 15.9 Å². The number of benzene rings is 1. The van der Waals surface area contributed by atoms with E-state index in [4.69, 9.17) is 5.11 Å². The Balaban J connectivity index is 2.77. The number of thiazole rings is 1. The molecule has 1 heterocycles. The highest BCUT2D eigenvalue weighted by Gasteiger charge is 2.07. The summed E-state index contributed by atoms with van der Waals surface area (Å²) in [5.74, 6) is -0.890. The minimum Gasteiger partial charge on any atom is -0.478 e. The van der Waals surface area contributed by atoms with Crippen LogP contribution in [0.2, 0.25) is 0 Å². The number of aromatic nitrogens is 1. The van der Waals surface area contributed by atoms with Gasteiger partial charge in [-0.25, -0.2) is 9.78 Å². The van der Waals surface area contributed by atoms with Gasteiger partial charge in [0.15, 0.2) is 0 Å². The van der Waals surface area contributed by atoms with E-state index in [1.165, 1.54) is 11.3 Å². The second-order valence-corrected chi connectivity index (χ2v) is 3.68. The van der Waals surface area contributed by atoms with Crippen molar-refractivity contribution in [3.8, 4) is 0 Å². The molecule has 0 amide bonds. The van der Waals surface area contributed by atoms with Crippen LogP contribution in [-0.4, -0.2) is 16.1 Å². The van der Waals surface area contributed by atoms with Crippen molar-refractivity contribution in [1.82, 2.24) is 4.98 Å². The summed E-state index contributed by atoms with van der Waals surface area (Å²) in [6.45, 7) is 1.87. The van der Waals surface area contributed by atoms with Gasteiger partial charge in [-0.1, -0.05) is 0 Å². The molecule has 1 aromatic heterocycles. The maximum Gasteiger partial charge on any atom is 0.335 e. The number of fused-ring (bicyclic) bond motifs is 1. The van der Waals surface area contributed by atoms with Crippen molar-refractivity contribution < 1.29 is 9.90 Å². The molecule has 0 fully saturated rings. The van der Waals surface area contributed by atoms with Gasteiger partial charge in [0.2, 0.25) is 0 Å². The normalized spacial score (nSPS) is 10.5. The number of hydrogen-bond donors (Lipinski definition) is 1. The Morgan fingerprint density at radius 1 is 1.54 bits per heavy atom. The molecule has 0 aliphatic carbocycles. The van der Waals surface area contributed by atoms with E-state index in [1.807, 2.05) is 6.92 Å². The van der Waals surface area contributed by atoms with Crippen LogP contribution in [0.5, 0.6) is 0 Å². The first-order chi connectivity index (χ1) is 6.18. The first-order valence-corrected chi connectivity index (χ1v) is 4.63. The van der Waals surface area contributed by atoms with Crippen LogP contribution in [0, 0.1) is 6.92 Å². The summed E-state index contributed by atoms with van der Waals surface area (Å²) in [7, 11) is 0. The van der Waals surface area contributed by atoms with E-state index in [0.29, 0.717) is 5.56 Å². The lowest BCUT2D eigenvalue weighted by molar-refractivity contribution is 0.0697. The molecule has 2 rings (SSSR count). The number of aromatic carboxylic acids is 1. The summed E-state index contributed by atoms with van der Waals surface area (Å²) < 4.78 is 0.928. The zero-order valence-corrected chi connectivity index (χ0v) is 7.76. The predicted octanol–water partition coefficient (Wildman–Crippen LogP) is 2.30. The highest BCUT2D eigenvalue weighted by Crippen LogP contribution is 2.22. The van der Waals surface area contributed by atoms with E-state index in [1.54, 1.807) is 17.6 Å². The second-order valence-electron chi connectivity index (χ2n) is 2.80. The van der Waals surface area contributed by atoms with Gasteiger partial charge in [-0.05, 0) is 24.6 Å². The van der Waals surface area contributed by atoms with Crippen molar-refractivity contribution in [1.29, 1.82) is 0 Å². The van der Waals surface area contributed by atoms with Gasteiger partial charge in [0.1, 0.15) is 0 Å². The van der Waals surface area contributed by atoms with Gasteiger partial charge in [-0.3, -0.25) is 0 Å². The monoisotopic (exact) mass is 193 g/mol. The van der Waals surface area contributed by atoms with Crippen molar-refractivity contribution in [2.45, 2.75) is 6.92 Å². The molecule has 4 heteroatoms. The molecule has 3 nitrogen and oxygen atoms in total. The topological polar surface area (TPSA) is 50.2 Å². The summed E-state index contributed by atoms with van der Waals surface area (Å²) in [5, 5.41) is 8.79. The number of rotatable bonds is 1. The van der Waals surface area contributed by atoms with Gasteiger partial charge >= 0.3 is 5.97 Å². The fraction of sp³-hybridized carbons (Fsp3) is 0.111. The van der Waals surface area contributed by atoms with E-state index < -0.39 is 5.97 Å². The quantitative estimate of drug-likeness (QED) is 0.756. The van der Waals surface area contributed by atoms with Crippen LogP contribution in [0.25, 0.3) is 10.2 Å². The molecule has 1 aromatic carbocycles. The Labute approximate surface area is 78.7 Å². The Morgan fingerprint density at radius 2 is 2.31 bits per heavy atom. The number of carbonyl (C=O) groups is 1. The van der Waals surface area contributed by atoms with E-state index in [2.05, 4.69) is 4.98 Å². The molecule has 0 unspecified atom stereocenters. The zero-order valence-electron chi connectivity index (χ0n) is 6.94.